The van der Waals surface area contributed by atoms with E-state index in [2.05, 4.69) is 8.57 Å². The Morgan fingerprint density at radius 3 is 1.06 bits per heavy atom. The Morgan fingerprint density at radius 2 is 0.755 bits per heavy atom. The van der Waals surface area contributed by atoms with Gasteiger partial charge in [-0.15, -0.1) is 18.7 Å². The molecule has 0 aromatic heterocycles. The van der Waals surface area contributed by atoms with Crippen LogP contribution in [0.3, 0.4) is 0 Å². The average Bonchev–Trinajstić information content (AvgIpc) is 3.43. The van der Waals surface area contributed by atoms with Gasteiger partial charge in [-0.05, 0) is 83.9 Å². The molecule has 4 aromatic rings. The Bertz CT molecular complexity index is 2300. The molecule has 0 saturated heterocycles. The van der Waals surface area contributed by atoms with E-state index in [1.54, 1.807) is 0 Å². The summed E-state index contributed by atoms with van der Waals surface area (Å²) in [7, 11) is -10.2. The SMILES string of the molecule is O=C1c2ccc(C(c3ccc4c(c3)C(=O)N(OS(=O)(=O)c3ccc(F)cc3)C4=O)(C(F)(F)F)C(F)(F)F)cc2C(=O)N1OS(=O)(=O)c1ccc(F)cc1. The van der Waals surface area contributed by atoms with E-state index in [1.807, 2.05) is 0 Å². The first-order chi connectivity index (χ1) is 24.5. The molecule has 4 aromatic carbocycles. The number of carbonyl (C=O) groups is 4. The number of imide groups is 2. The summed E-state index contributed by atoms with van der Waals surface area (Å²) in [6.07, 6.45) is -12.8. The molecular formula is C31H14F8N2O10S2. The lowest BCUT2D eigenvalue weighted by Gasteiger charge is -2.38. The third-order valence-corrected chi connectivity index (χ3v) is 10.4. The van der Waals surface area contributed by atoms with E-state index in [9.17, 15) is 44.8 Å². The number of carbonyl (C=O) groups excluding carboxylic acids is 4. The number of halogens is 8. The number of fused-ring (bicyclic) bond motifs is 2. The fourth-order valence-electron chi connectivity index (χ4n) is 5.51. The van der Waals surface area contributed by atoms with E-state index in [1.165, 1.54) is 0 Å². The number of hydroxylamine groups is 4. The molecule has 12 nitrogen and oxygen atoms in total. The van der Waals surface area contributed by atoms with Crippen LogP contribution in [0.25, 0.3) is 0 Å². The predicted octanol–water partition coefficient (Wildman–Crippen LogP) is 5.21. The molecule has 2 aliphatic rings. The molecule has 22 heteroatoms. The average molecular weight is 791 g/mol. The Kier molecular flexibility index (Phi) is 8.59. The molecule has 276 valence electrons. The fraction of sp³-hybridized carbons (Fsp3) is 0.0968. The number of hydrogen-bond donors (Lipinski definition) is 0. The topological polar surface area (TPSA) is 161 Å². The molecule has 0 atom stereocenters. The van der Waals surface area contributed by atoms with Crippen LogP contribution in [0.5, 0.6) is 0 Å². The summed E-state index contributed by atoms with van der Waals surface area (Å²) >= 11 is 0. The minimum Gasteiger partial charge on any atom is -0.266 e. The van der Waals surface area contributed by atoms with Gasteiger partial charge in [0.2, 0.25) is 5.41 Å². The third-order valence-electron chi connectivity index (χ3n) is 7.96. The molecule has 6 rings (SSSR count). The third kappa shape index (κ3) is 5.92. The van der Waals surface area contributed by atoms with Crippen LogP contribution in [0.2, 0.25) is 0 Å². The van der Waals surface area contributed by atoms with Gasteiger partial charge in [0.25, 0.3) is 23.6 Å². The van der Waals surface area contributed by atoms with Gasteiger partial charge in [0.05, 0.1) is 32.0 Å². The van der Waals surface area contributed by atoms with Crippen LogP contribution in [0, 0.1) is 11.6 Å². The molecule has 0 fully saturated rings. The smallest absolute Gasteiger partial charge is 0.266 e. The Morgan fingerprint density at radius 1 is 0.453 bits per heavy atom. The Balaban J connectivity index is 1.41. The lowest BCUT2D eigenvalue weighted by molar-refractivity contribution is -0.288. The number of hydrogen-bond acceptors (Lipinski definition) is 10. The maximum absolute atomic E-state index is 15.0. The van der Waals surface area contributed by atoms with Crippen LogP contribution in [0.1, 0.15) is 52.6 Å². The summed E-state index contributed by atoms with van der Waals surface area (Å²) in [5, 5.41) is -0.880. The zero-order valence-corrected chi connectivity index (χ0v) is 27.0. The Labute approximate surface area is 290 Å². The highest BCUT2D eigenvalue weighted by molar-refractivity contribution is 7.87. The van der Waals surface area contributed by atoms with Crippen LogP contribution in [0.15, 0.2) is 94.7 Å². The summed E-state index contributed by atoms with van der Waals surface area (Å²) in [5.74, 6) is -8.61. The lowest BCUT2D eigenvalue weighted by atomic mass is 9.71. The highest BCUT2D eigenvalue weighted by Crippen LogP contribution is 2.57. The second kappa shape index (κ2) is 12.2. The molecule has 0 saturated carbocycles. The number of alkyl halides is 6. The summed E-state index contributed by atoms with van der Waals surface area (Å²) < 4.78 is 176. The second-order valence-electron chi connectivity index (χ2n) is 11.0. The van der Waals surface area contributed by atoms with E-state index in [-0.39, 0.29) is 24.3 Å². The number of benzene rings is 4. The van der Waals surface area contributed by atoms with Crippen molar-refractivity contribution in [2.45, 2.75) is 27.6 Å². The van der Waals surface area contributed by atoms with Gasteiger partial charge in [0.1, 0.15) is 11.6 Å². The first-order valence-corrected chi connectivity index (χ1v) is 16.9. The lowest BCUT2D eigenvalue weighted by Crippen LogP contribution is -2.55. The molecule has 4 amide bonds. The van der Waals surface area contributed by atoms with Gasteiger partial charge in [-0.3, -0.25) is 19.2 Å². The monoisotopic (exact) mass is 790 g/mol. The second-order valence-corrected chi connectivity index (χ2v) is 14.1. The van der Waals surface area contributed by atoms with E-state index in [4.69, 9.17) is 0 Å². The van der Waals surface area contributed by atoms with Crippen LogP contribution in [-0.2, 0) is 34.2 Å². The summed E-state index contributed by atoms with van der Waals surface area (Å²) in [5.41, 5.74) is -12.8. The molecule has 0 N–H and O–H groups in total. The molecule has 0 bridgehead atoms. The summed E-state index contributed by atoms with van der Waals surface area (Å²) in [4.78, 5) is 50.4. The summed E-state index contributed by atoms with van der Waals surface area (Å²) in [6.45, 7) is 0. The van der Waals surface area contributed by atoms with Crippen LogP contribution in [0.4, 0.5) is 35.1 Å². The van der Waals surface area contributed by atoms with Crippen LogP contribution < -0.4 is 0 Å². The quantitative estimate of drug-likeness (QED) is 0.171. The zero-order chi connectivity index (χ0) is 39.1. The molecule has 0 spiro atoms. The maximum Gasteiger partial charge on any atom is 0.411 e. The van der Waals surface area contributed by atoms with Crippen molar-refractivity contribution in [2.75, 3.05) is 0 Å². The van der Waals surface area contributed by atoms with Gasteiger partial charge < -0.3 is 0 Å². The van der Waals surface area contributed by atoms with Crippen LogP contribution in [-0.4, -0.2) is 62.9 Å². The predicted molar refractivity (Wildman–Crippen MR) is 156 cm³/mol. The van der Waals surface area contributed by atoms with Gasteiger partial charge >= 0.3 is 32.6 Å². The van der Waals surface area contributed by atoms with Gasteiger partial charge in [0.15, 0.2) is 0 Å². The van der Waals surface area contributed by atoms with Crippen molar-refractivity contribution in [2.24, 2.45) is 0 Å². The minimum absolute atomic E-state index is 0.00923. The molecule has 0 radical (unpaired) electrons. The normalized spacial score (nSPS) is 15.3. The highest BCUT2D eigenvalue weighted by Gasteiger charge is 2.73. The standard InChI is InChI=1S/C31H14F8N2O10S2/c32-17-3-7-19(8-4-17)52(46,47)50-40-25(42)21-11-1-15(13-23(21)27(40)44)29(30(34,35)36,31(37,38)39)16-2-12-22-24(14-16)28(45)41(26(22)43)51-53(48,49)20-9-5-18(33)6-10-20/h1-14H. The maximum atomic E-state index is 15.0. The van der Waals surface area contributed by atoms with Crippen molar-refractivity contribution >= 4 is 43.9 Å². The number of nitrogens with zero attached hydrogens (tertiary/aromatic N) is 2. The summed E-state index contributed by atoms with van der Waals surface area (Å²) in [6, 6.07) is 6.43. The van der Waals surface area contributed by atoms with Crippen molar-refractivity contribution < 1.29 is 79.7 Å². The largest absolute Gasteiger partial charge is 0.411 e. The Hall–Kier alpha value is -5.58. The van der Waals surface area contributed by atoms with E-state index in [0.717, 1.165) is 0 Å². The number of amides is 4. The minimum atomic E-state index is -6.38. The molecular weight excluding hydrogens is 776 g/mol. The van der Waals surface area contributed by atoms with E-state index in [0.29, 0.717) is 60.7 Å². The zero-order valence-electron chi connectivity index (χ0n) is 25.4. The first kappa shape index (κ1) is 37.2. The van der Waals surface area contributed by atoms with Gasteiger partial charge in [-0.1, -0.05) is 12.1 Å². The molecule has 0 aliphatic carbocycles. The van der Waals surface area contributed by atoms with Gasteiger partial charge in [-0.25, -0.2) is 8.78 Å². The molecule has 53 heavy (non-hydrogen) atoms. The van der Waals surface area contributed by atoms with E-state index >= 15 is 26.3 Å². The molecule has 0 unspecified atom stereocenters. The van der Waals surface area contributed by atoms with Crippen molar-refractivity contribution in [1.82, 2.24) is 10.1 Å². The van der Waals surface area contributed by atoms with E-state index < -0.39 is 127 Å². The van der Waals surface area contributed by atoms with Crippen LogP contribution >= 0.6 is 0 Å². The number of rotatable bonds is 8. The highest BCUT2D eigenvalue weighted by atomic mass is 32.2. The van der Waals surface area contributed by atoms with Crippen molar-refractivity contribution in [1.29, 1.82) is 0 Å². The van der Waals surface area contributed by atoms with Gasteiger partial charge in [-0.2, -0.15) is 43.2 Å². The fourth-order valence-corrected chi connectivity index (χ4v) is 7.28. The van der Waals surface area contributed by atoms with Gasteiger partial charge in [0, 0.05) is 0 Å². The van der Waals surface area contributed by atoms with Crippen molar-refractivity contribution in [3.8, 4) is 0 Å². The molecule has 2 aliphatic heterocycles. The van der Waals surface area contributed by atoms with Crippen molar-refractivity contribution in [3.63, 3.8) is 0 Å². The van der Waals surface area contributed by atoms with Crippen molar-refractivity contribution in [3.05, 3.63) is 130 Å². The molecule has 2 heterocycles. The first-order valence-electron chi connectivity index (χ1n) is 14.1.